The molecular formula is C14H15BrClNS. The molecule has 0 aliphatic heterocycles. The van der Waals surface area contributed by atoms with Gasteiger partial charge in [-0.25, -0.2) is 0 Å². The Bertz CT molecular complexity index is 538. The monoisotopic (exact) mass is 343 g/mol. The van der Waals surface area contributed by atoms with Crippen molar-refractivity contribution in [2.24, 2.45) is 5.73 Å². The molecule has 2 rings (SSSR count). The molecule has 2 aromatic rings. The van der Waals surface area contributed by atoms with Crippen molar-refractivity contribution < 1.29 is 0 Å². The summed E-state index contributed by atoms with van der Waals surface area (Å²) in [6.07, 6.45) is 2.14. The van der Waals surface area contributed by atoms with E-state index in [4.69, 9.17) is 17.3 Å². The van der Waals surface area contributed by atoms with Gasteiger partial charge in [-0.2, -0.15) is 0 Å². The minimum absolute atomic E-state index is 0.152. The van der Waals surface area contributed by atoms with Crippen molar-refractivity contribution in [2.75, 3.05) is 0 Å². The lowest BCUT2D eigenvalue weighted by molar-refractivity contribution is 0.648. The van der Waals surface area contributed by atoms with Gasteiger partial charge in [-0.05, 0) is 52.2 Å². The molecule has 1 nitrogen and oxygen atoms in total. The van der Waals surface area contributed by atoms with Crippen LogP contribution in [0.5, 0.6) is 0 Å². The molecule has 1 unspecified atom stereocenters. The molecule has 0 saturated heterocycles. The van der Waals surface area contributed by atoms with Crippen LogP contribution >= 0.6 is 38.9 Å². The van der Waals surface area contributed by atoms with Gasteiger partial charge >= 0.3 is 0 Å². The molecular weight excluding hydrogens is 330 g/mol. The molecule has 1 heterocycles. The van der Waals surface area contributed by atoms with Gasteiger partial charge in [0.15, 0.2) is 0 Å². The predicted molar refractivity (Wildman–Crippen MR) is 84.3 cm³/mol. The van der Waals surface area contributed by atoms with Gasteiger partial charge in [0.1, 0.15) is 0 Å². The Morgan fingerprint density at radius 3 is 2.78 bits per heavy atom. The summed E-state index contributed by atoms with van der Waals surface area (Å²) in [5.41, 5.74) is 7.27. The van der Waals surface area contributed by atoms with Crippen molar-refractivity contribution in [1.82, 2.24) is 0 Å². The maximum atomic E-state index is 6.13. The van der Waals surface area contributed by atoms with E-state index in [-0.39, 0.29) is 6.04 Å². The highest BCUT2D eigenvalue weighted by Gasteiger charge is 2.10. The Hall–Kier alpha value is -0.350. The second kappa shape index (κ2) is 6.20. The third-order valence-electron chi connectivity index (χ3n) is 2.80. The molecule has 0 aliphatic carbocycles. The fourth-order valence-corrected chi connectivity index (χ4v) is 3.28. The number of thiophene rings is 1. The average Bonchev–Trinajstić information content (AvgIpc) is 2.82. The molecule has 2 N–H and O–H groups in total. The maximum absolute atomic E-state index is 6.13. The minimum Gasteiger partial charge on any atom is -0.323 e. The Kier molecular flexibility index (Phi) is 4.84. The van der Waals surface area contributed by atoms with Crippen LogP contribution in [0.3, 0.4) is 0 Å². The van der Waals surface area contributed by atoms with Gasteiger partial charge in [-0.15, -0.1) is 11.3 Å². The SMILES string of the molecule is CCCC(N)c1ccc(-c2ccc(Br)c(Cl)c2)s1. The topological polar surface area (TPSA) is 26.0 Å². The van der Waals surface area contributed by atoms with Crippen LogP contribution in [-0.2, 0) is 0 Å². The van der Waals surface area contributed by atoms with Crippen molar-refractivity contribution >= 4 is 38.9 Å². The van der Waals surface area contributed by atoms with Crippen LogP contribution in [0.4, 0.5) is 0 Å². The third-order valence-corrected chi connectivity index (χ3v) is 5.29. The molecule has 0 spiro atoms. The number of hydrogen-bond donors (Lipinski definition) is 1. The summed E-state index contributed by atoms with van der Waals surface area (Å²) in [4.78, 5) is 2.46. The highest BCUT2D eigenvalue weighted by atomic mass is 79.9. The smallest absolute Gasteiger partial charge is 0.0554 e. The normalized spacial score (nSPS) is 12.7. The van der Waals surface area contributed by atoms with Crippen LogP contribution in [-0.4, -0.2) is 0 Å². The van der Waals surface area contributed by atoms with Crippen molar-refractivity contribution in [2.45, 2.75) is 25.8 Å². The summed E-state index contributed by atoms with van der Waals surface area (Å²) in [7, 11) is 0. The zero-order valence-electron chi connectivity index (χ0n) is 10.1. The highest BCUT2D eigenvalue weighted by molar-refractivity contribution is 9.10. The van der Waals surface area contributed by atoms with Crippen molar-refractivity contribution in [3.63, 3.8) is 0 Å². The average molecular weight is 345 g/mol. The second-order valence-corrected chi connectivity index (χ2v) is 6.60. The molecule has 1 aromatic carbocycles. The Labute approximate surface area is 125 Å². The molecule has 0 amide bonds. The van der Waals surface area contributed by atoms with E-state index in [0.717, 1.165) is 27.9 Å². The molecule has 0 aliphatic rings. The lowest BCUT2D eigenvalue weighted by atomic mass is 10.1. The standard InChI is InChI=1S/C14H15BrClNS/c1-2-3-12(17)14-7-6-13(18-14)9-4-5-10(15)11(16)8-9/h4-8,12H,2-3,17H2,1H3. The van der Waals surface area contributed by atoms with Crippen molar-refractivity contribution in [3.8, 4) is 10.4 Å². The predicted octanol–water partition coefficient (Wildman–Crippen LogP) is 5.63. The van der Waals surface area contributed by atoms with E-state index in [1.807, 2.05) is 12.1 Å². The lowest BCUT2D eigenvalue weighted by Gasteiger charge is -2.06. The quantitative estimate of drug-likeness (QED) is 0.764. The summed E-state index contributed by atoms with van der Waals surface area (Å²) < 4.78 is 0.924. The number of benzene rings is 1. The van der Waals surface area contributed by atoms with Crippen molar-refractivity contribution in [3.05, 3.63) is 44.7 Å². The third kappa shape index (κ3) is 3.15. The number of nitrogens with two attached hydrogens (primary N) is 1. The summed E-state index contributed by atoms with van der Waals surface area (Å²) in [6.45, 7) is 2.16. The highest BCUT2D eigenvalue weighted by Crippen LogP contribution is 2.35. The Morgan fingerprint density at radius 1 is 1.33 bits per heavy atom. The van der Waals surface area contributed by atoms with E-state index in [0.29, 0.717) is 0 Å². The Morgan fingerprint density at radius 2 is 2.11 bits per heavy atom. The first kappa shape index (κ1) is 14.1. The van der Waals surface area contributed by atoms with Crippen LogP contribution in [0.15, 0.2) is 34.8 Å². The molecule has 0 bridgehead atoms. The van der Waals surface area contributed by atoms with Crippen LogP contribution in [0.1, 0.15) is 30.7 Å². The fraction of sp³-hybridized carbons (Fsp3) is 0.286. The van der Waals surface area contributed by atoms with E-state index < -0.39 is 0 Å². The molecule has 4 heteroatoms. The zero-order chi connectivity index (χ0) is 13.1. The first-order chi connectivity index (χ1) is 8.61. The number of hydrogen-bond acceptors (Lipinski definition) is 2. The first-order valence-electron chi connectivity index (χ1n) is 5.92. The lowest BCUT2D eigenvalue weighted by Crippen LogP contribution is -2.07. The Balaban J connectivity index is 2.26. The van der Waals surface area contributed by atoms with E-state index in [2.05, 4.69) is 41.1 Å². The van der Waals surface area contributed by atoms with E-state index in [1.54, 1.807) is 11.3 Å². The first-order valence-corrected chi connectivity index (χ1v) is 7.91. The molecule has 1 aromatic heterocycles. The van der Waals surface area contributed by atoms with E-state index in [9.17, 15) is 0 Å². The van der Waals surface area contributed by atoms with Gasteiger partial charge in [-0.1, -0.05) is 31.0 Å². The van der Waals surface area contributed by atoms with Gasteiger partial charge in [-0.3, -0.25) is 0 Å². The van der Waals surface area contributed by atoms with Crippen LogP contribution in [0.25, 0.3) is 10.4 Å². The molecule has 96 valence electrons. The summed E-state index contributed by atoms with van der Waals surface area (Å²) in [5, 5.41) is 0.736. The minimum atomic E-state index is 0.152. The molecule has 1 atom stereocenters. The van der Waals surface area contributed by atoms with Gasteiger partial charge in [0.25, 0.3) is 0 Å². The second-order valence-electron chi connectivity index (χ2n) is 4.23. The van der Waals surface area contributed by atoms with Gasteiger partial charge in [0.2, 0.25) is 0 Å². The van der Waals surface area contributed by atoms with Crippen LogP contribution in [0.2, 0.25) is 5.02 Å². The molecule has 0 radical (unpaired) electrons. The number of halogens is 2. The van der Waals surface area contributed by atoms with E-state index in [1.165, 1.54) is 9.75 Å². The maximum Gasteiger partial charge on any atom is 0.0554 e. The van der Waals surface area contributed by atoms with Gasteiger partial charge in [0, 0.05) is 20.3 Å². The molecule has 0 saturated carbocycles. The largest absolute Gasteiger partial charge is 0.323 e. The fourth-order valence-electron chi connectivity index (χ4n) is 1.81. The van der Waals surface area contributed by atoms with E-state index >= 15 is 0 Å². The zero-order valence-corrected chi connectivity index (χ0v) is 13.3. The number of rotatable bonds is 4. The molecule has 18 heavy (non-hydrogen) atoms. The van der Waals surface area contributed by atoms with Crippen LogP contribution < -0.4 is 5.73 Å². The van der Waals surface area contributed by atoms with Gasteiger partial charge in [0.05, 0.1) is 5.02 Å². The van der Waals surface area contributed by atoms with Crippen molar-refractivity contribution in [1.29, 1.82) is 0 Å². The summed E-state index contributed by atoms with van der Waals surface area (Å²) in [6, 6.07) is 10.4. The van der Waals surface area contributed by atoms with Gasteiger partial charge < -0.3 is 5.73 Å². The summed E-state index contributed by atoms with van der Waals surface area (Å²) >= 11 is 11.3. The molecule has 0 fully saturated rings. The van der Waals surface area contributed by atoms with Crippen LogP contribution in [0, 0.1) is 0 Å². The summed E-state index contributed by atoms with van der Waals surface area (Å²) in [5.74, 6) is 0.